The predicted molar refractivity (Wildman–Crippen MR) is 124 cm³/mol. The Morgan fingerprint density at radius 2 is 1.57 bits per heavy atom. The van der Waals surface area contributed by atoms with Gasteiger partial charge in [-0.25, -0.2) is 9.97 Å². The number of aromatic nitrogens is 4. The third kappa shape index (κ3) is 3.54. The Balaban J connectivity index is 1.42. The summed E-state index contributed by atoms with van der Waals surface area (Å²) in [5, 5.41) is 0. The van der Waals surface area contributed by atoms with Gasteiger partial charge in [0.1, 0.15) is 23.2 Å². The number of aromatic amines is 2. The molecule has 2 heterocycles. The van der Waals surface area contributed by atoms with Gasteiger partial charge in [0.15, 0.2) is 0 Å². The lowest BCUT2D eigenvalue weighted by Crippen LogP contribution is -2.03. The Morgan fingerprint density at radius 3 is 2.37 bits per heavy atom. The Hall–Kier alpha value is -2.94. The van der Waals surface area contributed by atoms with E-state index in [-0.39, 0.29) is 17.2 Å². The number of benzene rings is 2. The van der Waals surface area contributed by atoms with E-state index in [4.69, 9.17) is 0 Å². The molecule has 0 radical (unpaired) electrons. The highest BCUT2D eigenvalue weighted by Crippen LogP contribution is 2.34. The molecule has 2 N–H and O–H groups in total. The lowest BCUT2D eigenvalue weighted by Gasteiger charge is -2.16. The first-order valence-electron chi connectivity index (χ1n) is 9.53. The number of H-pyrrole nitrogens is 2. The maximum Gasteiger partial charge on any atom is 0.146 e. The van der Waals surface area contributed by atoms with Crippen LogP contribution >= 0.6 is 17.2 Å². The van der Waals surface area contributed by atoms with Crippen molar-refractivity contribution in [2.75, 3.05) is 0 Å². The van der Waals surface area contributed by atoms with E-state index < -0.39 is 0 Å². The third-order valence-electron chi connectivity index (χ3n) is 5.28. The van der Waals surface area contributed by atoms with Crippen LogP contribution in [0.25, 0.3) is 33.6 Å². The minimum absolute atomic E-state index is 0.0476. The molecule has 0 amide bonds. The average molecular weight is 432 g/mol. The first-order chi connectivity index (χ1) is 14.7. The molecule has 5 rings (SSSR count). The van der Waals surface area contributed by atoms with Gasteiger partial charge in [-0.3, -0.25) is 9.59 Å². The molecule has 2 atom stereocenters. The minimum atomic E-state index is 0.0476. The van der Waals surface area contributed by atoms with Crippen molar-refractivity contribution in [3.05, 3.63) is 59.9 Å². The van der Waals surface area contributed by atoms with Crippen LogP contribution in [0.4, 0.5) is 0 Å². The predicted octanol–water partition coefficient (Wildman–Crippen LogP) is 3.22. The van der Waals surface area contributed by atoms with Crippen LogP contribution in [0.3, 0.4) is 0 Å². The van der Waals surface area contributed by atoms with E-state index in [9.17, 15) is 9.59 Å². The van der Waals surface area contributed by atoms with Crippen LogP contribution in [0.15, 0.2) is 48.7 Å². The van der Waals surface area contributed by atoms with Crippen molar-refractivity contribution >= 4 is 40.3 Å². The Labute approximate surface area is 176 Å². The highest BCUT2D eigenvalue weighted by atomic mass is 31.1. The van der Waals surface area contributed by atoms with Gasteiger partial charge >= 0.3 is 0 Å². The molecule has 0 bridgehead atoms. The monoisotopic (exact) mass is 432 g/mol. The summed E-state index contributed by atoms with van der Waals surface area (Å²) in [6, 6.07) is 16.6. The maximum atomic E-state index is 10.8. The molecular weight excluding hydrogens is 414 g/mol. The molecule has 2 aromatic heterocycles. The fraction of sp³-hybridized carbons (Fsp3) is 0.0909. The van der Waals surface area contributed by atoms with Crippen molar-refractivity contribution in [2.45, 2.75) is 12.8 Å². The zero-order valence-electron chi connectivity index (χ0n) is 15.9. The average Bonchev–Trinajstić information content (AvgIpc) is 3.41. The summed E-state index contributed by atoms with van der Waals surface area (Å²) < 4.78 is 0. The van der Waals surface area contributed by atoms with Gasteiger partial charge in [0.25, 0.3) is 0 Å². The number of imidazole rings is 2. The van der Waals surface area contributed by atoms with E-state index in [1.165, 1.54) is 11.1 Å². The first-order valence-corrected chi connectivity index (χ1v) is 11.7. The second-order valence-electron chi connectivity index (χ2n) is 7.03. The quantitative estimate of drug-likeness (QED) is 0.362. The number of rotatable bonds is 6. The second kappa shape index (κ2) is 8.06. The summed E-state index contributed by atoms with van der Waals surface area (Å²) in [6.45, 7) is 0. The highest BCUT2D eigenvalue weighted by Gasteiger charge is 2.20. The number of aryl methyl sites for hydroxylation is 2. The standard InChI is InChI=1S/C22H18N4O2P2/c27-11-29-21-23-10-19(25-21)14-3-1-13(2-4-14)15-5-7-17-16(9-15)6-8-18-20(17)26-22(24-18)30-12-28/h1-5,7,9-12,29-30H,6,8H2,(H,23,25)(H,24,26). The molecule has 148 valence electrons. The summed E-state index contributed by atoms with van der Waals surface area (Å²) in [5.74, 6) is 0. The molecule has 2 aromatic carbocycles. The van der Waals surface area contributed by atoms with Gasteiger partial charge in [0.05, 0.1) is 17.6 Å². The lowest BCUT2D eigenvalue weighted by atomic mass is 9.89. The molecule has 0 saturated carbocycles. The van der Waals surface area contributed by atoms with Crippen LogP contribution < -0.4 is 11.1 Å². The van der Waals surface area contributed by atoms with E-state index in [2.05, 4.69) is 62.4 Å². The van der Waals surface area contributed by atoms with Crippen LogP contribution in [-0.2, 0) is 22.4 Å². The molecule has 30 heavy (non-hydrogen) atoms. The molecular formula is C22H18N4O2P2. The van der Waals surface area contributed by atoms with Crippen LogP contribution in [0, 0.1) is 0 Å². The maximum absolute atomic E-state index is 10.8. The smallest absolute Gasteiger partial charge is 0.146 e. The summed E-state index contributed by atoms with van der Waals surface area (Å²) >= 11 is 0. The van der Waals surface area contributed by atoms with Crippen molar-refractivity contribution in [2.24, 2.45) is 0 Å². The molecule has 0 saturated heterocycles. The molecule has 6 nitrogen and oxygen atoms in total. The van der Waals surface area contributed by atoms with Crippen molar-refractivity contribution in [3.63, 3.8) is 0 Å². The van der Waals surface area contributed by atoms with Crippen molar-refractivity contribution < 1.29 is 9.59 Å². The fourth-order valence-electron chi connectivity index (χ4n) is 3.85. The molecule has 0 fully saturated rings. The molecule has 0 spiro atoms. The zero-order valence-corrected chi connectivity index (χ0v) is 17.9. The summed E-state index contributed by atoms with van der Waals surface area (Å²) in [5.41, 5.74) is 10.3. The van der Waals surface area contributed by atoms with Crippen molar-refractivity contribution in [3.8, 4) is 33.6 Å². The largest absolute Gasteiger partial charge is 0.341 e. The number of carbonyl (C=O) groups is 2. The molecule has 8 heteroatoms. The Bertz CT molecular complexity index is 1240. The third-order valence-corrected chi connectivity index (χ3v) is 6.55. The van der Waals surface area contributed by atoms with E-state index in [1.54, 1.807) is 6.20 Å². The fourth-order valence-corrected chi connectivity index (χ4v) is 4.82. The van der Waals surface area contributed by atoms with E-state index in [0.29, 0.717) is 5.57 Å². The topological polar surface area (TPSA) is 91.5 Å². The van der Waals surface area contributed by atoms with Gasteiger partial charge in [-0.05, 0) is 35.1 Å². The van der Waals surface area contributed by atoms with Crippen LogP contribution in [0.2, 0.25) is 0 Å². The zero-order chi connectivity index (χ0) is 20.5. The van der Waals surface area contributed by atoms with E-state index in [1.807, 2.05) is 0 Å². The summed E-state index contributed by atoms with van der Waals surface area (Å²) in [6.07, 6.45) is 3.62. The van der Waals surface area contributed by atoms with Gasteiger partial charge in [-0.15, -0.1) is 0 Å². The number of hydrogen-bond acceptors (Lipinski definition) is 4. The van der Waals surface area contributed by atoms with Gasteiger partial charge < -0.3 is 9.97 Å². The number of hydrogen-bond donors (Lipinski definition) is 2. The van der Waals surface area contributed by atoms with Gasteiger partial charge in [-0.1, -0.05) is 42.5 Å². The minimum Gasteiger partial charge on any atom is -0.341 e. The second-order valence-corrected chi connectivity index (χ2v) is 9.03. The normalized spacial score (nSPS) is 13.1. The first kappa shape index (κ1) is 19.0. The summed E-state index contributed by atoms with van der Waals surface area (Å²) in [4.78, 5) is 36.8. The number of carbonyl (C=O) groups excluding carboxylic acids is 2. The Kier molecular flexibility index (Phi) is 5.12. The summed E-state index contributed by atoms with van der Waals surface area (Å²) in [7, 11) is 0.115. The highest BCUT2D eigenvalue weighted by molar-refractivity contribution is 7.62. The SMILES string of the molecule is O=CPc1ncc(-c2ccc(-c3ccc4c(c3)CCc3[nH]c(PC=O)nc3-4)cc2)[nH]1. The van der Waals surface area contributed by atoms with Crippen molar-refractivity contribution in [1.29, 1.82) is 0 Å². The van der Waals surface area contributed by atoms with E-state index in [0.717, 1.165) is 64.2 Å². The van der Waals surface area contributed by atoms with Gasteiger partial charge in [0.2, 0.25) is 0 Å². The van der Waals surface area contributed by atoms with Crippen LogP contribution in [-0.4, -0.2) is 32.0 Å². The molecule has 0 aliphatic heterocycles. The van der Waals surface area contributed by atoms with Crippen LogP contribution in [0.5, 0.6) is 0 Å². The molecule has 1 aliphatic rings. The van der Waals surface area contributed by atoms with Crippen molar-refractivity contribution in [1.82, 2.24) is 19.9 Å². The molecule has 2 unspecified atom stereocenters. The Morgan fingerprint density at radius 1 is 0.833 bits per heavy atom. The number of nitrogens with one attached hydrogen (secondary N) is 2. The van der Waals surface area contributed by atoms with Crippen LogP contribution in [0.1, 0.15) is 11.3 Å². The number of nitrogens with zero attached hydrogens (tertiary/aromatic N) is 2. The van der Waals surface area contributed by atoms with Gasteiger partial charge in [-0.2, -0.15) is 0 Å². The van der Waals surface area contributed by atoms with E-state index >= 15 is 0 Å². The molecule has 4 aromatic rings. The lowest BCUT2D eigenvalue weighted by molar-refractivity contribution is 0.569. The van der Waals surface area contributed by atoms with Gasteiger partial charge in [0, 0.05) is 28.4 Å². The molecule has 1 aliphatic carbocycles. The number of fused-ring (bicyclic) bond motifs is 3.